The smallest absolute Gasteiger partial charge is 0.332 e. The second kappa shape index (κ2) is 10.6. The lowest BCUT2D eigenvalue weighted by Crippen LogP contribution is -2.18. The summed E-state index contributed by atoms with van der Waals surface area (Å²) in [6.45, 7) is 6.09. The summed E-state index contributed by atoms with van der Waals surface area (Å²) in [5, 5.41) is 26.6. The zero-order valence-corrected chi connectivity index (χ0v) is 17.3. The Bertz CT molecular complexity index is 869. The summed E-state index contributed by atoms with van der Waals surface area (Å²) in [7, 11) is 0. The number of nitrogens with zero attached hydrogens (tertiary/aromatic N) is 5. The molecule has 1 aliphatic heterocycles. The molecule has 0 atom stereocenters. The molecule has 0 amide bonds. The minimum absolute atomic E-state index is 0.0166. The van der Waals surface area contributed by atoms with Gasteiger partial charge in [0.1, 0.15) is 0 Å². The Hall–Kier alpha value is -3.14. The number of benzene rings is 1. The maximum absolute atomic E-state index is 11.9. The van der Waals surface area contributed by atoms with Crippen LogP contribution in [0.2, 0.25) is 0 Å². The number of nitrogens with one attached hydrogen (secondary N) is 1. The molecule has 0 unspecified atom stereocenters. The van der Waals surface area contributed by atoms with E-state index in [-0.39, 0.29) is 28.2 Å². The minimum Gasteiger partial charge on any atom is -0.591 e. The monoisotopic (exact) mass is 415 g/mol. The van der Waals surface area contributed by atoms with Crippen LogP contribution < -0.4 is 15.8 Å². The van der Waals surface area contributed by atoms with Crippen molar-refractivity contribution in [2.24, 2.45) is 5.28 Å². The third-order valence-electron chi connectivity index (χ3n) is 4.95. The number of aromatic nitrogens is 2. The highest BCUT2D eigenvalue weighted by atomic mass is 16.6. The van der Waals surface area contributed by atoms with Crippen LogP contribution in [-0.2, 0) is 13.1 Å². The second-order valence-electron chi connectivity index (χ2n) is 7.31. The predicted molar refractivity (Wildman–Crippen MR) is 113 cm³/mol. The van der Waals surface area contributed by atoms with E-state index in [1.165, 1.54) is 18.4 Å². The van der Waals surface area contributed by atoms with E-state index in [9.17, 15) is 5.21 Å². The maximum atomic E-state index is 11.9. The molecule has 0 radical (unpaired) electrons. The number of hydrogen-bond acceptors (Lipinski definition) is 8. The van der Waals surface area contributed by atoms with Crippen LogP contribution in [0.25, 0.3) is 0 Å². The molecular formula is C20H29N7O3. The SMILES string of the molecule is CCCCOc1nc(N)c([N+]([O-])=NO)c(NCc2cccc(CN3CCCC3)c2)n1. The van der Waals surface area contributed by atoms with Crippen LogP contribution in [0.4, 0.5) is 17.3 Å². The molecule has 0 saturated carbocycles. The van der Waals surface area contributed by atoms with Crippen LogP contribution in [-0.4, -0.2) is 44.6 Å². The van der Waals surface area contributed by atoms with Gasteiger partial charge in [0, 0.05) is 13.1 Å². The third kappa shape index (κ3) is 5.69. The van der Waals surface area contributed by atoms with Gasteiger partial charge in [-0.2, -0.15) is 9.97 Å². The number of nitrogens with two attached hydrogens (primary N) is 1. The summed E-state index contributed by atoms with van der Waals surface area (Å²) >= 11 is 0. The molecule has 10 heteroatoms. The Morgan fingerprint density at radius 2 is 2.07 bits per heavy atom. The van der Waals surface area contributed by atoms with Crippen LogP contribution in [0, 0.1) is 5.21 Å². The Balaban J connectivity index is 1.75. The fourth-order valence-electron chi connectivity index (χ4n) is 3.40. The van der Waals surface area contributed by atoms with Gasteiger partial charge in [-0.1, -0.05) is 37.6 Å². The van der Waals surface area contributed by atoms with Gasteiger partial charge in [0.15, 0.2) is 0 Å². The molecule has 1 saturated heterocycles. The van der Waals surface area contributed by atoms with Crippen molar-refractivity contribution in [1.29, 1.82) is 0 Å². The molecule has 0 bridgehead atoms. The van der Waals surface area contributed by atoms with Gasteiger partial charge in [0.2, 0.25) is 16.9 Å². The van der Waals surface area contributed by atoms with E-state index in [0.29, 0.717) is 13.2 Å². The molecule has 1 aromatic heterocycles. The van der Waals surface area contributed by atoms with E-state index < -0.39 is 0 Å². The number of rotatable bonds is 10. The quantitative estimate of drug-likeness (QED) is 0.232. The van der Waals surface area contributed by atoms with Crippen molar-refractivity contribution in [3.05, 3.63) is 40.6 Å². The number of ether oxygens (including phenoxy) is 1. The molecule has 30 heavy (non-hydrogen) atoms. The summed E-state index contributed by atoms with van der Waals surface area (Å²) in [4.78, 5) is 10.7. The zero-order valence-electron chi connectivity index (χ0n) is 17.3. The van der Waals surface area contributed by atoms with Gasteiger partial charge >= 0.3 is 11.7 Å². The van der Waals surface area contributed by atoms with Gasteiger partial charge < -0.3 is 26.2 Å². The normalized spacial score (nSPS) is 14.8. The van der Waals surface area contributed by atoms with Crippen molar-refractivity contribution in [1.82, 2.24) is 14.9 Å². The molecule has 10 nitrogen and oxygen atoms in total. The topological polar surface area (TPSA) is 135 Å². The van der Waals surface area contributed by atoms with Crippen molar-refractivity contribution < 1.29 is 14.8 Å². The molecule has 1 aromatic carbocycles. The van der Waals surface area contributed by atoms with E-state index in [4.69, 9.17) is 15.7 Å². The molecule has 2 heterocycles. The van der Waals surface area contributed by atoms with Gasteiger partial charge in [-0.3, -0.25) is 4.90 Å². The average Bonchev–Trinajstić information content (AvgIpc) is 3.25. The molecule has 0 spiro atoms. The first-order valence-corrected chi connectivity index (χ1v) is 10.3. The number of unbranched alkanes of at least 4 members (excludes halogenated alkanes) is 1. The van der Waals surface area contributed by atoms with Crippen molar-refractivity contribution in [3.8, 4) is 6.01 Å². The minimum atomic E-state index is -0.159. The maximum Gasteiger partial charge on any atom is 0.332 e. The first-order valence-electron chi connectivity index (χ1n) is 10.3. The van der Waals surface area contributed by atoms with E-state index >= 15 is 0 Å². The predicted octanol–water partition coefficient (Wildman–Crippen LogP) is 3.43. The van der Waals surface area contributed by atoms with Crippen molar-refractivity contribution in [2.45, 2.75) is 45.7 Å². The molecule has 3 rings (SSSR count). The average molecular weight is 415 g/mol. The summed E-state index contributed by atoms with van der Waals surface area (Å²) < 4.78 is 5.52. The van der Waals surface area contributed by atoms with Crippen molar-refractivity contribution >= 4 is 17.3 Å². The van der Waals surface area contributed by atoms with Crippen LogP contribution >= 0.6 is 0 Å². The highest BCUT2D eigenvalue weighted by Gasteiger charge is 2.23. The van der Waals surface area contributed by atoms with E-state index in [0.717, 1.165) is 38.0 Å². The van der Waals surface area contributed by atoms with Crippen molar-refractivity contribution in [3.63, 3.8) is 0 Å². The second-order valence-corrected chi connectivity index (χ2v) is 7.31. The third-order valence-corrected chi connectivity index (χ3v) is 4.95. The fraction of sp³-hybridized carbons (Fsp3) is 0.500. The lowest BCUT2D eigenvalue weighted by molar-refractivity contribution is -0.472. The number of anilines is 2. The number of nitrogen functional groups attached to an aromatic ring is 1. The lowest BCUT2D eigenvalue weighted by atomic mass is 10.1. The largest absolute Gasteiger partial charge is 0.591 e. The summed E-state index contributed by atoms with van der Waals surface area (Å²) in [5.41, 5.74) is 8.00. The summed E-state index contributed by atoms with van der Waals surface area (Å²) in [6.07, 6.45) is 4.31. The first kappa shape index (κ1) is 21.6. The van der Waals surface area contributed by atoms with E-state index in [1.807, 2.05) is 19.1 Å². The zero-order chi connectivity index (χ0) is 21.3. The highest BCUT2D eigenvalue weighted by molar-refractivity contribution is 5.68. The van der Waals surface area contributed by atoms with E-state index in [1.54, 1.807) is 0 Å². The summed E-state index contributed by atoms with van der Waals surface area (Å²) in [6, 6.07) is 8.31. The molecule has 4 N–H and O–H groups in total. The number of hydrogen-bond donors (Lipinski definition) is 3. The Labute approximate surface area is 175 Å². The van der Waals surface area contributed by atoms with Crippen LogP contribution in [0.5, 0.6) is 6.01 Å². The summed E-state index contributed by atoms with van der Waals surface area (Å²) in [5.74, 6) is 0.0151. The van der Waals surface area contributed by atoms with Crippen LogP contribution in [0.1, 0.15) is 43.7 Å². The molecule has 162 valence electrons. The molecule has 1 fully saturated rings. The molecule has 1 aliphatic rings. The van der Waals surface area contributed by atoms with Gasteiger partial charge in [0.05, 0.1) is 6.61 Å². The molecule has 2 aromatic rings. The highest BCUT2D eigenvalue weighted by Crippen LogP contribution is 2.30. The van der Waals surface area contributed by atoms with Crippen molar-refractivity contribution in [2.75, 3.05) is 30.7 Å². The Morgan fingerprint density at radius 1 is 1.30 bits per heavy atom. The Kier molecular flexibility index (Phi) is 7.61. The van der Waals surface area contributed by atoms with Gasteiger partial charge in [-0.15, -0.1) is 0 Å². The molecular weight excluding hydrogens is 386 g/mol. The molecule has 0 aliphatic carbocycles. The van der Waals surface area contributed by atoms with Gasteiger partial charge in [-0.05, 0) is 48.3 Å². The van der Waals surface area contributed by atoms with Gasteiger partial charge in [-0.25, -0.2) is 0 Å². The van der Waals surface area contributed by atoms with Gasteiger partial charge in [0.25, 0.3) is 0 Å². The standard InChI is InChI=1S/C20H29N7O3/c1-2-3-11-30-20-23-18(21)17(27(29)25-28)19(24-20)22-13-15-7-6-8-16(12-15)14-26-9-4-5-10-26/h6-8,12,28H,2-5,9-11,13-14H2,1H3,(H3,21,22,23,24). The number of likely N-dealkylation sites (tertiary alicyclic amines) is 1. The Morgan fingerprint density at radius 3 is 2.80 bits per heavy atom. The lowest BCUT2D eigenvalue weighted by Gasteiger charge is -2.15. The van der Waals surface area contributed by atoms with Crippen LogP contribution in [0.15, 0.2) is 29.5 Å². The van der Waals surface area contributed by atoms with Crippen LogP contribution in [0.3, 0.4) is 0 Å². The fourth-order valence-corrected chi connectivity index (χ4v) is 3.40. The first-order chi connectivity index (χ1) is 14.6. The van der Waals surface area contributed by atoms with E-state index in [2.05, 4.69) is 37.6 Å².